The zero-order valence-electron chi connectivity index (χ0n) is 16.9. The Morgan fingerprint density at radius 3 is 2.47 bits per heavy atom. The number of rotatable bonds is 6. The molecule has 0 saturated carbocycles. The van der Waals surface area contributed by atoms with E-state index in [0.29, 0.717) is 36.2 Å². The van der Waals surface area contributed by atoms with Crippen molar-refractivity contribution in [3.63, 3.8) is 0 Å². The van der Waals surface area contributed by atoms with Crippen molar-refractivity contribution in [1.29, 1.82) is 0 Å². The summed E-state index contributed by atoms with van der Waals surface area (Å²) in [6.45, 7) is 7.02. The van der Waals surface area contributed by atoms with Gasteiger partial charge in [-0.15, -0.1) is 6.58 Å². The molecular weight excluding hydrogens is 378 g/mol. The third-order valence-corrected chi connectivity index (χ3v) is 5.41. The van der Waals surface area contributed by atoms with Crippen LogP contribution in [0.5, 0.6) is 5.75 Å². The number of benzene rings is 2. The zero-order chi connectivity index (χ0) is 20.9. The summed E-state index contributed by atoms with van der Waals surface area (Å²) in [5, 5.41) is 1.28. The van der Waals surface area contributed by atoms with E-state index < -0.39 is 0 Å². The molecule has 30 heavy (non-hydrogen) atoms. The molecule has 1 fully saturated rings. The molecule has 1 aliphatic heterocycles. The number of nitrogens with zero attached hydrogens (tertiary/aromatic N) is 3. The second-order valence-corrected chi connectivity index (χ2v) is 7.27. The number of aromatic nitrogens is 1. The van der Waals surface area contributed by atoms with Crippen molar-refractivity contribution in [1.82, 2.24) is 9.47 Å². The molecule has 0 aliphatic carbocycles. The number of pyridine rings is 1. The summed E-state index contributed by atoms with van der Waals surface area (Å²) in [4.78, 5) is 29.4. The molecule has 1 aromatic heterocycles. The third-order valence-electron chi connectivity index (χ3n) is 5.41. The van der Waals surface area contributed by atoms with Gasteiger partial charge in [0.2, 0.25) is 0 Å². The Labute approximate surface area is 175 Å². The number of anilines is 1. The average molecular weight is 403 g/mol. The summed E-state index contributed by atoms with van der Waals surface area (Å²) in [6.07, 6.45) is 3.41. The van der Waals surface area contributed by atoms with E-state index in [4.69, 9.17) is 4.74 Å². The Hall–Kier alpha value is -3.54. The number of allylic oxidation sites excluding steroid dienone is 1. The van der Waals surface area contributed by atoms with Crippen LogP contribution in [0.15, 0.2) is 78.2 Å². The van der Waals surface area contributed by atoms with Gasteiger partial charge in [0, 0.05) is 50.0 Å². The normalized spacial score (nSPS) is 14.0. The van der Waals surface area contributed by atoms with Gasteiger partial charge >= 0.3 is 0 Å². The molecule has 0 bridgehead atoms. The van der Waals surface area contributed by atoms with E-state index in [0.717, 1.165) is 13.1 Å². The maximum absolute atomic E-state index is 12.7. The van der Waals surface area contributed by atoms with Gasteiger partial charge in [-0.05, 0) is 30.3 Å². The van der Waals surface area contributed by atoms with E-state index in [9.17, 15) is 9.59 Å². The van der Waals surface area contributed by atoms with Gasteiger partial charge in [-0.1, -0.05) is 30.3 Å². The van der Waals surface area contributed by atoms with Crippen molar-refractivity contribution in [3.8, 4) is 5.75 Å². The van der Waals surface area contributed by atoms with Crippen molar-refractivity contribution in [2.45, 2.75) is 6.54 Å². The summed E-state index contributed by atoms with van der Waals surface area (Å²) in [6, 6.07) is 17.4. The van der Waals surface area contributed by atoms with Crippen LogP contribution in [0.25, 0.3) is 10.8 Å². The fourth-order valence-electron chi connectivity index (χ4n) is 3.78. The highest BCUT2D eigenvalue weighted by molar-refractivity contribution is 5.88. The average Bonchev–Trinajstić information content (AvgIpc) is 2.80. The number of para-hydroxylation sites is 1. The van der Waals surface area contributed by atoms with Crippen LogP contribution in [-0.2, 0) is 11.3 Å². The molecule has 0 N–H and O–H groups in total. The molecule has 2 heterocycles. The number of carbonyl (C=O) groups excluding carboxylic acids is 1. The van der Waals surface area contributed by atoms with Crippen LogP contribution in [0, 0.1) is 0 Å². The van der Waals surface area contributed by atoms with Gasteiger partial charge in [-0.25, -0.2) is 0 Å². The highest BCUT2D eigenvalue weighted by atomic mass is 16.5. The lowest BCUT2D eigenvalue weighted by Crippen LogP contribution is -2.50. The number of hydrogen-bond donors (Lipinski definition) is 0. The third kappa shape index (κ3) is 4.08. The number of hydrogen-bond acceptors (Lipinski definition) is 4. The van der Waals surface area contributed by atoms with E-state index in [2.05, 4.69) is 23.6 Å². The first-order valence-corrected chi connectivity index (χ1v) is 10.1. The van der Waals surface area contributed by atoms with Gasteiger partial charge in [0.25, 0.3) is 11.5 Å². The Morgan fingerprint density at radius 2 is 1.73 bits per heavy atom. The Balaban J connectivity index is 1.40. The molecule has 154 valence electrons. The minimum Gasteiger partial charge on any atom is -0.483 e. The Kier molecular flexibility index (Phi) is 5.84. The first-order valence-electron chi connectivity index (χ1n) is 10.1. The van der Waals surface area contributed by atoms with Gasteiger partial charge in [-0.2, -0.15) is 0 Å². The summed E-state index contributed by atoms with van der Waals surface area (Å²) in [5.74, 6) is 0.506. The van der Waals surface area contributed by atoms with Crippen molar-refractivity contribution in [2.24, 2.45) is 0 Å². The first-order chi connectivity index (χ1) is 14.7. The molecule has 0 unspecified atom stereocenters. The monoisotopic (exact) mass is 403 g/mol. The molecule has 1 aliphatic rings. The zero-order valence-corrected chi connectivity index (χ0v) is 16.9. The number of fused-ring (bicyclic) bond motifs is 1. The number of ether oxygens (including phenoxy) is 1. The van der Waals surface area contributed by atoms with Crippen molar-refractivity contribution >= 4 is 22.4 Å². The van der Waals surface area contributed by atoms with Crippen LogP contribution in [0.2, 0.25) is 0 Å². The van der Waals surface area contributed by atoms with E-state index >= 15 is 0 Å². The number of carbonyl (C=O) groups is 1. The maximum Gasteiger partial charge on any atom is 0.260 e. The second-order valence-electron chi connectivity index (χ2n) is 7.27. The largest absolute Gasteiger partial charge is 0.483 e. The molecule has 4 rings (SSSR count). The Morgan fingerprint density at radius 1 is 0.967 bits per heavy atom. The highest BCUT2D eigenvalue weighted by Gasteiger charge is 2.21. The number of amides is 1. The summed E-state index contributed by atoms with van der Waals surface area (Å²) >= 11 is 0. The molecule has 0 spiro atoms. The molecule has 2 aromatic carbocycles. The molecule has 1 amide bonds. The predicted octanol–water partition coefficient (Wildman–Crippen LogP) is 2.92. The van der Waals surface area contributed by atoms with Crippen LogP contribution in [-0.4, -0.2) is 48.2 Å². The highest BCUT2D eigenvalue weighted by Crippen LogP contribution is 2.23. The van der Waals surface area contributed by atoms with E-state index in [1.54, 1.807) is 35.0 Å². The molecule has 0 radical (unpaired) electrons. The SMILES string of the molecule is C=CCn1ccc2c(OCC(=O)N3CCN(c4ccccc4)CC3)cccc2c1=O. The van der Waals surface area contributed by atoms with Gasteiger partial charge < -0.3 is 19.1 Å². The predicted molar refractivity (Wildman–Crippen MR) is 119 cm³/mol. The molecule has 0 atom stereocenters. The quantitative estimate of drug-likeness (QED) is 0.594. The standard InChI is InChI=1S/C24H25N3O3/c1-2-12-27-13-11-20-21(24(27)29)9-6-10-22(20)30-18-23(28)26-16-14-25(15-17-26)19-7-4-3-5-8-19/h2-11,13H,1,12,14-18H2. The second kappa shape index (κ2) is 8.86. The maximum atomic E-state index is 12.7. The number of piperazine rings is 1. The molecule has 1 saturated heterocycles. The minimum atomic E-state index is -0.0961. The molecular formula is C24H25N3O3. The smallest absolute Gasteiger partial charge is 0.260 e. The summed E-state index contributed by atoms with van der Waals surface area (Å²) in [5.41, 5.74) is 1.08. The topological polar surface area (TPSA) is 54.8 Å². The van der Waals surface area contributed by atoms with E-state index in [-0.39, 0.29) is 18.1 Å². The minimum absolute atomic E-state index is 0.0415. The van der Waals surface area contributed by atoms with E-state index in [1.807, 2.05) is 29.2 Å². The lowest BCUT2D eigenvalue weighted by Gasteiger charge is -2.36. The summed E-state index contributed by atoms with van der Waals surface area (Å²) < 4.78 is 7.42. The Bertz CT molecular complexity index is 1100. The molecule has 6 heteroatoms. The summed E-state index contributed by atoms with van der Waals surface area (Å²) in [7, 11) is 0. The molecule has 3 aromatic rings. The van der Waals surface area contributed by atoms with Crippen LogP contribution in [0.3, 0.4) is 0 Å². The molecule has 6 nitrogen and oxygen atoms in total. The van der Waals surface area contributed by atoms with Crippen LogP contribution in [0.1, 0.15) is 0 Å². The van der Waals surface area contributed by atoms with Gasteiger partial charge in [0.15, 0.2) is 6.61 Å². The lowest BCUT2D eigenvalue weighted by atomic mass is 10.1. The van der Waals surface area contributed by atoms with E-state index in [1.165, 1.54) is 5.69 Å². The van der Waals surface area contributed by atoms with Gasteiger partial charge in [0.1, 0.15) is 5.75 Å². The lowest BCUT2D eigenvalue weighted by molar-refractivity contribution is -0.133. The fourth-order valence-corrected chi connectivity index (χ4v) is 3.78. The first kappa shape index (κ1) is 19.8. The fraction of sp³-hybridized carbons (Fsp3) is 0.250. The van der Waals surface area contributed by atoms with Gasteiger partial charge in [0.05, 0.1) is 5.39 Å². The van der Waals surface area contributed by atoms with Crippen LogP contribution >= 0.6 is 0 Å². The van der Waals surface area contributed by atoms with Crippen molar-refractivity contribution in [2.75, 3.05) is 37.7 Å². The van der Waals surface area contributed by atoms with Crippen LogP contribution < -0.4 is 15.2 Å². The van der Waals surface area contributed by atoms with Crippen molar-refractivity contribution < 1.29 is 9.53 Å². The van der Waals surface area contributed by atoms with Gasteiger partial charge in [-0.3, -0.25) is 9.59 Å². The van der Waals surface area contributed by atoms with Crippen LogP contribution in [0.4, 0.5) is 5.69 Å². The van der Waals surface area contributed by atoms with Crippen molar-refractivity contribution in [3.05, 3.63) is 83.8 Å².